The fraction of sp³-hybridized carbons (Fsp3) is 0.389. The Kier molecular flexibility index (Phi) is 5.30. The summed E-state index contributed by atoms with van der Waals surface area (Å²) in [4.78, 5) is 6.56. The smallest absolute Gasteiger partial charge is 0.240 e. The molecule has 0 unspecified atom stereocenters. The number of aromatic nitrogens is 1. The van der Waals surface area contributed by atoms with Crippen LogP contribution in [0.15, 0.2) is 47.4 Å². The van der Waals surface area contributed by atoms with Gasteiger partial charge in [0.1, 0.15) is 5.82 Å². The topological polar surface area (TPSA) is 62.3 Å². The highest BCUT2D eigenvalue weighted by Gasteiger charge is 2.17. The molecule has 1 heterocycles. The number of nitrogens with zero attached hydrogens (tertiary/aromatic N) is 2. The van der Waals surface area contributed by atoms with Crippen LogP contribution in [0.1, 0.15) is 32.0 Å². The SMILES string of the molecule is CN(C)c1cccc(CNS(=O)(=O)c2ccc(C(C)(C)C)cc2)n1. The molecule has 1 aromatic carbocycles. The lowest BCUT2D eigenvalue weighted by Crippen LogP contribution is -2.24. The Morgan fingerprint density at radius 2 is 1.67 bits per heavy atom. The molecule has 0 radical (unpaired) electrons. The van der Waals surface area contributed by atoms with E-state index in [9.17, 15) is 8.42 Å². The second-order valence-electron chi connectivity index (χ2n) is 6.98. The molecular formula is C18H25N3O2S. The Labute approximate surface area is 144 Å². The van der Waals surface area contributed by atoms with Crippen molar-refractivity contribution in [3.05, 3.63) is 53.7 Å². The van der Waals surface area contributed by atoms with Gasteiger partial charge in [-0.25, -0.2) is 18.1 Å². The van der Waals surface area contributed by atoms with Crippen LogP contribution in [0.5, 0.6) is 0 Å². The summed E-state index contributed by atoms with van der Waals surface area (Å²) in [5.74, 6) is 0.793. The van der Waals surface area contributed by atoms with Crippen molar-refractivity contribution in [3.8, 4) is 0 Å². The van der Waals surface area contributed by atoms with Gasteiger partial charge in [0.05, 0.1) is 17.1 Å². The number of hydrogen-bond donors (Lipinski definition) is 1. The third kappa shape index (κ3) is 4.55. The fourth-order valence-electron chi connectivity index (χ4n) is 2.20. The largest absolute Gasteiger partial charge is 0.363 e. The van der Waals surface area contributed by atoms with Crippen LogP contribution < -0.4 is 9.62 Å². The van der Waals surface area contributed by atoms with Crippen molar-refractivity contribution in [2.45, 2.75) is 37.6 Å². The third-order valence-electron chi connectivity index (χ3n) is 3.72. The molecule has 1 N–H and O–H groups in total. The lowest BCUT2D eigenvalue weighted by atomic mass is 9.87. The highest BCUT2D eigenvalue weighted by Crippen LogP contribution is 2.23. The van der Waals surface area contributed by atoms with E-state index in [4.69, 9.17) is 0 Å². The molecule has 2 aromatic rings. The minimum absolute atomic E-state index is 0.00768. The fourth-order valence-corrected chi connectivity index (χ4v) is 3.20. The molecule has 0 saturated carbocycles. The Bertz CT molecular complexity index is 792. The van der Waals surface area contributed by atoms with Crippen molar-refractivity contribution in [2.24, 2.45) is 0 Å². The van der Waals surface area contributed by atoms with Crippen LogP contribution in [0.25, 0.3) is 0 Å². The van der Waals surface area contributed by atoms with E-state index >= 15 is 0 Å². The molecule has 0 amide bonds. The molecular weight excluding hydrogens is 322 g/mol. The molecule has 24 heavy (non-hydrogen) atoms. The summed E-state index contributed by atoms with van der Waals surface area (Å²) >= 11 is 0. The minimum atomic E-state index is -3.56. The van der Waals surface area contributed by atoms with E-state index in [0.29, 0.717) is 5.69 Å². The first-order valence-corrected chi connectivity index (χ1v) is 9.31. The summed E-state index contributed by atoms with van der Waals surface area (Å²) in [5, 5.41) is 0. The maximum Gasteiger partial charge on any atom is 0.240 e. The first kappa shape index (κ1) is 18.4. The number of nitrogens with one attached hydrogen (secondary N) is 1. The quantitative estimate of drug-likeness (QED) is 0.903. The van der Waals surface area contributed by atoms with E-state index in [-0.39, 0.29) is 16.9 Å². The Balaban J connectivity index is 2.13. The predicted octanol–water partition coefficient (Wildman–Crippen LogP) is 2.92. The maximum atomic E-state index is 12.4. The average Bonchev–Trinajstić information content (AvgIpc) is 2.52. The molecule has 0 bridgehead atoms. The van der Waals surface area contributed by atoms with Gasteiger partial charge in [0.15, 0.2) is 0 Å². The molecule has 0 aliphatic rings. The zero-order chi connectivity index (χ0) is 18.0. The van der Waals surface area contributed by atoms with E-state index in [2.05, 4.69) is 30.5 Å². The average molecular weight is 347 g/mol. The zero-order valence-corrected chi connectivity index (χ0v) is 15.7. The van der Waals surface area contributed by atoms with Crippen molar-refractivity contribution in [2.75, 3.05) is 19.0 Å². The van der Waals surface area contributed by atoms with Gasteiger partial charge in [-0.3, -0.25) is 0 Å². The number of rotatable bonds is 5. The summed E-state index contributed by atoms with van der Waals surface area (Å²) in [6.07, 6.45) is 0. The van der Waals surface area contributed by atoms with Crippen molar-refractivity contribution >= 4 is 15.8 Å². The summed E-state index contributed by atoms with van der Waals surface area (Å²) in [6, 6.07) is 12.6. The number of anilines is 1. The standard InChI is InChI=1S/C18H25N3O2S/c1-18(2,3)14-9-11-16(12-10-14)24(22,23)19-13-15-7-6-8-17(20-15)21(4)5/h6-12,19H,13H2,1-5H3. The van der Waals surface area contributed by atoms with Crippen LogP contribution in [0.3, 0.4) is 0 Å². The minimum Gasteiger partial charge on any atom is -0.363 e. The van der Waals surface area contributed by atoms with Gasteiger partial charge in [0.2, 0.25) is 10.0 Å². The van der Waals surface area contributed by atoms with Gasteiger partial charge in [-0.1, -0.05) is 39.0 Å². The predicted molar refractivity (Wildman–Crippen MR) is 97.7 cm³/mol. The van der Waals surface area contributed by atoms with Gasteiger partial charge < -0.3 is 4.90 Å². The molecule has 0 saturated heterocycles. The number of pyridine rings is 1. The molecule has 1 aromatic heterocycles. The van der Waals surface area contributed by atoms with E-state index in [1.54, 1.807) is 18.2 Å². The summed E-state index contributed by atoms with van der Waals surface area (Å²) in [6.45, 7) is 6.44. The van der Waals surface area contributed by atoms with Crippen LogP contribution in [-0.4, -0.2) is 27.5 Å². The number of benzene rings is 1. The highest BCUT2D eigenvalue weighted by molar-refractivity contribution is 7.89. The van der Waals surface area contributed by atoms with Gasteiger partial charge in [-0.2, -0.15) is 0 Å². The van der Waals surface area contributed by atoms with Crippen molar-refractivity contribution < 1.29 is 8.42 Å². The maximum absolute atomic E-state index is 12.4. The first-order valence-electron chi connectivity index (χ1n) is 7.83. The Morgan fingerprint density at radius 1 is 1.04 bits per heavy atom. The first-order chi connectivity index (χ1) is 11.1. The second kappa shape index (κ2) is 6.91. The van der Waals surface area contributed by atoms with Gasteiger partial charge in [0.25, 0.3) is 0 Å². The lowest BCUT2D eigenvalue weighted by Gasteiger charge is -2.19. The van der Waals surface area contributed by atoms with Crippen molar-refractivity contribution in [1.29, 1.82) is 0 Å². The normalized spacial score (nSPS) is 12.2. The lowest BCUT2D eigenvalue weighted by molar-refractivity contribution is 0.577. The molecule has 130 valence electrons. The van der Waals surface area contributed by atoms with E-state index in [1.807, 2.05) is 43.3 Å². The van der Waals surface area contributed by atoms with Crippen molar-refractivity contribution in [3.63, 3.8) is 0 Å². The van der Waals surface area contributed by atoms with Gasteiger partial charge in [-0.15, -0.1) is 0 Å². The monoisotopic (exact) mass is 347 g/mol. The summed E-state index contributed by atoms with van der Waals surface area (Å²) < 4.78 is 27.5. The Hall–Kier alpha value is -1.92. The van der Waals surface area contributed by atoms with Crippen LogP contribution in [0.4, 0.5) is 5.82 Å². The van der Waals surface area contributed by atoms with Crippen molar-refractivity contribution in [1.82, 2.24) is 9.71 Å². The molecule has 0 atom stereocenters. The van der Waals surface area contributed by atoms with E-state index in [0.717, 1.165) is 11.4 Å². The molecule has 5 nitrogen and oxygen atoms in total. The molecule has 2 rings (SSSR count). The molecule has 0 aliphatic heterocycles. The van der Waals surface area contributed by atoms with E-state index < -0.39 is 10.0 Å². The number of sulfonamides is 1. The molecule has 6 heteroatoms. The third-order valence-corrected chi connectivity index (χ3v) is 5.14. The summed E-state index contributed by atoms with van der Waals surface area (Å²) in [7, 11) is 0.234. The molecule has 0 aliphatic carbocycles. The van der Waals surface area contributed by atoms with Crippen LogP contribution >= 0.6 is 0 Å². The molecule has 0 fully saturated rings. The van der Waals surface area contributed by atoms with Gasteiger partial charge >= 0.3 is 0 Å². The zero-order valence-electron chi connectivity index (χ0n) is 14.9. The number of hydrogen-bond acceptors (Lipinski definition) is 4. The van der Waals surface area contributed by atoms with Crippen LogP contribution in [0.2, 0.25) is 0 Å². The second-order valence-corrected chi connectivity index (χ2v) is 8.75. The van der Waals surface area contributed by atoms with Crippen LogP contribution in [-0.2, 0) is 22.0 Å². The Morgan fingerprint density at radius 3 is 2.21 bits per heavy atom. The highest BCUT2D eigenvalue weighted by atomic mass is 32.2. The van der Waals surface area contributed by atoms with Gasteiger partial charge in [-0.05, 0) is 35.2 Å². The van der Waals surface area contributed by atoms with E-state index in [1.165, 1.54) is 0 Å². The molecule has 0 spiro atoms. The van der Waals surface area contributed by atoms with Crippen LogP contribution in [0, 0.1) is 0 Å². The summed E-state index contributed by atoms with van der Waals surface area (Å²) in [5.41, 5.74) is 1.77. The van der Waals surface area contributed by atoms with Gasteiger partial charge in [0, 0.05) is 14.1 Å².